The third-order valence-corrected chi connectivity index (χ3v) is 5.92. The molecule has 5 heteroatoms. The average molecular weight is 327 g/mol. The van der Waals surface area contributed by atoms with Gasteiger partial charge in [-0.3, -0.25) is 9.59 Å². The fourth-order valence-corrected chi connectivity index (χ4v) is 4.71. The van der Waals surface area contributed by atoms with Gasteiger partial charge in [-0.05, 0) is 56.9 Å². The number of furan rings is 1. The summed E-state index contributed by atoms with van der Waals surface area (Å²) < 4.78 is 5.56. The first kappa shape index (κ1) is 15.2. The van der Waals surface area contributed by atoms with E-state index in [1.165, 1.54) is 0 Å². The summed E-state index contributed by atoms with van der Waals surface area (Å²) >= 11 is 0. The molecular weight excluding hydrogens is 306 g/mol. The molecule has 2 fully saturated rings. The molecule has 4 rings (SSSR count). The molecule has 1 aromatic heterocycles. The van der Waals surface area contributed by atoms with Crippen molar-refractivity contribution in [3.8, 4) is 0 Å². The molecule has 1 aromatic carbocycles. The predicted molar refractivity (Wildman–Crippen MR) is 88.9 cm³/mol. The highest BCUT2D eigenvalue weighted by atomic mass is 16.4. The molecule has 0 unspecified atom stereocenters. The SMILES string of the molecule is CC[C@@]1(C(=O)O)C[C@@H]2CC[C@H]1N2C(=O)c1ccc2oc(C)cc2c1. The highest BCUT2D eigenvalue weighted by molar-refractivity contribution is 5.99. The van der Waals surface area contributed by atoms with Gasteiger partial charge in [-0.1, -0.05) is 6.92 Å². The smallest absolute Gasteiger partial charge is 0.311 e. The average Bonchev–Trinajstić information content (AvgIpc) is 3.22. The fourth-order valence-electron chi connectivity index (χ4n) is 4.71. The van der Waals surface area contributed by atoms with Gasteiger partial charge in [-0.25, -0.2) is 0 Å². The minimum absolute atomic E-state index is 0.0420. The normalized spacial score (nSPS) is 28.7. The van der Waals surface area contributed by atoms with Crippen molar-refractivity contribution in [1.29, 1.82) is 0 Å². The van der Waals surface area contributed by atoms with E-state index >= 15 is 0 Å². The second kappa shape index (κ2) is 5.10. The molecule has 1 N–H and O–H groups in total. The molecule has 2 aliphatic heterocycles. The van der Waals surface area contributed by atoms with Gasteiger partial charge in [0.1, 0.15) is 11.3 Å². The largest absolute Gasteiger partial charge is 0.481 e. The predicted octanol–water partition coefficient (Wildman–Crippen LogP) is 3.60. The summed E-state index contributed by atoms with van der Waals surface area (Å²) in [5.41, 5.74) is 0.592. The van der Waals surface area contributed by atoms with E-state index in [4.69, 9.17) is 4.42 Å². The number of carbonyl (C=O) groups is 2. The van der Waals surface area contributed by atoms with E-state index in [1.807, 2.05) is 36.9 Å². The minimum Gasteiger partial charge on any atom is -0.481 e. The van der Waals surface area contributed by atoms with Gasteiger partial charge in [0.15, 0.2) is 0 Å². The Morgan fingerprint density at radius 3 is 2.79 bits per heavy atom. The number of aryl methyl sites for hydroxylation is 1. The lowest BCUT2D eigenvalue weighted by molar-refractivity contribution is -0.151. The number of benzene rings is 1. The highest BCUT2D eigenvalue weighted by Crippen LogP contribution is 2.52. The number of amides is 1. The first-order valence-corrected chi connectivity index (χ1v) is 8.52. The Hall–Kier alpha value is -2.30. The summed E-state index contributed by atoms with van der Waals surface area (Å²) in [6.07, 6.45) is 2.82. The molecule has 3 heterocycles. The Kier molecular flexibility index (Phi) is 3.24. The van der Waals surface area contributed by atoms with Crippen LogP contribution < -0.4 is 0 Å². The zero-order chi connectivity index (χ0) is 17.1. The molecule has 2 bridgehead atoms. The zero-order valence-electron chi connectivity index (χ0n) is 13.9. The maximum atomic E-state index is 13.1. The molecule has 0 saturated carbocycles. The standard InChI is InChI=1S/C19H21NO4/c1-3-19(18(22)23)10-14-5-7-16(19)20(14)17(21)12-4-6-15-13(9-12)8-11(2)24-15/h4,6,8-9,14,16H,3,5,7,10H2,1-2H3,(H,22,23)/t14-,16+,19+/m0/s1. The van der Waals surface area contributed by atoms with Crippen molar-refractivity contribution in [2.24, 2.45) is 5.41 Å². The van der Waals surface area contributed by atoms with Crippen LogP contribution in [0.1, 0.15) is 48.7 Å². The first-order chi connectivity index (χ1) is 11.5. The van der Waals surface area contributed by atoms with Crippen LogP contribution in [-0.4, -0.2) is 34.0 Å². The van der Waals surface area contributed by atoms with Crippen molar-refractivity contribution in [3.63, 3.8) is 0 Å². The van der Waals surface area contributed by atoms with Gasteiger partial charge in [0, 0.05) is 23.0 Å². The van der Waals surface area contributed by atoms with Gasteiger partial charge < -0.3 is 14.4 Å². The van der Waals surface area contributed by atoms with E-state index in [0.717, 1.165) is 29.6 Å². The van der Waals surface area contributed by atoms with Gasteiger partial charge in [-0.2, -0.15) is 0 Å². The summed E-state index contributed by atoms with van der Waals surface area (Å²) in [6, 6.07) is 7.20. The summed E-state index contributed by atoms with van der Waals surface area (Å²) in [7, 11) is 0. The maximum absolute atomic E-state index is 13.1. The van der Waals surface area contributed by atoms with Crippen LogP contribution in [0.2, 0.25) is 0 Å². The number of hydrogen-bond acceptors (Lipinski definition) is 3. The van der Waals surface area contributed by atoms with Crippen molar-refractivity contribution in [2.75, 3.05) is 0 Å². The first-order valence-electron chi connectivity index (χ1n) is 8.52. The fraction of sp³-hybridized carbons (Fsp3) is 0.474. The van der Waals surface area contributed by atoms with Crippen LogP contribution in [-0.2, 0) is 4.79 Å². The van der Waals surface area contributed by atoms with Gasteiger partial charge in [0.2, 0.25) is 0 Å². The Morgan fingerprint density at radius 1 is 1.33 bits per heavy atom. The van der Waals surface area contributed by atoms with Crippen molar-refractivity contribution >= 4 is 22.8 Å². The third-order valence-electron chi connectivity index (χ3n) is 5.92. The minimum atomic E-state index is -0.783. The third kappa shape index (κ3) is 1.93. The van der Waals surface area contributed by atoms with Crippen molar-refractivity contribution < 1.29 is 19.1 Å². The van der Waals surface area contributed by atoms with Gasteiger partial charge in [0.25, 0.3) is 5.91 Å². The summed E-state index contributed by atoms with van der Waals surface area (Å²) in [6.45, 7) is 3.79. The van der Waals surface area contributed by atoms with Crippen LogP contribution in [0.4, 0.5) is 0 Å². The molecule has 5 nitrogen and oxygen atoms in total. The van der Waals surface area contributed by atoms with Crippen molar-refractivity contribution in [3.05, 3.63) is 35.6 Å². The molecule has 0 aliphatic carbocycles. The molecule has 0 spiro atoms. The van der Waals surface area contributed by atoms with Gasteiger partial charge >= 0.3 is 5.97 Å². The van der Waals surface area contributed by atoms with E-state index in [9.17, 15) is 14.7 Å². The molecule has 0 radical (unpaired) electrons. The second-order valence-corrected chi connectivity index (χ2v) is 7.09. The maximum Gasteiger partial charge on any atom is 0.311 e. The molecule has 24 heavy (non-hydrogen) atoms. The number of carboxylic acid groups (broad SMARTS) is 1. The molecule has 126 valence electrons. The Balaban J connectivity index is 1.70. The highest BCUT2D eigenvalue weighted by Gasteiger charge is 2.60. The van der Waals surface area contributed by atoms with E-state index in [-0.39, 0.29) is 18.0 Å². The van der Waals surface area contributed by atoms with Crippen LogP contribution in [0, 0.1) is 12.3 Å². The van der Waals surface area contributed by atoms with Crippen LogP contribution in [0.3, 0.4) is 0 Å². The van der Waals surface area contributed by atoms with Gasteiger partial charge in [0.05, 0.1) is 5.41 Å². The summed E-state index contributed by atoms with van der Waals surface area (Å²) in [4.78, 5) is 26.8. The van der Waals surface area contributed by atoms with Crippen molar-refractivity contribution in [1.82, 2.24) is 4.90 Å². The molecule has 2 saturated heterocycles. The topological polar surface area (TPSA) is 70.8 Å². The van der Waals surface area contributed by atoms with E-state index < -0.39 is 11.4 Å². The molecule has 1 amide bonds. The quantitative estimate of drug-likeness (QED) is 0.935. The monoisotopic (exact) mass is 327 g/mol. The molecule has 2 aliphatic rings. The molecule has 3 atom stereocenters. The zero-order valence-corrected chi connectivity index (χ0v) is 13.9. The van der Waals surface area contributed by atoms with Crippen LogP contribution in [0.25, 0.3) is 11.0 Å². The number of hydrogen-bond donors (Lipinski definition) is 1. The Labute approximate surface area is 140 Å². The van der Waals surface area contributed by atoms with E-state index in [1.54, 1.807) is 6.07 Å². The lowest BCUT2D eigenvalue weighted by atomic mass is 9.72. The number of nitrogens with zero attached hydrogens (tertiary/aromatic N) is 1. The summed E-state index contributed by atoms with van der Waals surface area (Å²) in [5, 5.41) is 10.7. The Bertz CT molecular complexity index is 839. The number of carbonyl (C=O) groups excluding carboxylic acids is 1. The van der Waals surface area contributed by atoms with E-state index in [2.05, 4.69) is 0 Å². The second-order valence-electron chi connectivity index (χ2n) is 7.09. The Morgan fingerprint density at radius 2 is 2.12 bits per heavy atom. The van der Waals surface area contributed by atoms with Crippen LogP contribution >= 0.6 is 0 Å². The number of rotatable bonds is 3. The summed E-state index contributed by atoms with van der Waals surface area (Å²) in [5.74, 6) is -0.0116. The number of aliphatic carboxylic acids is 1. The van der Waals surface area contributed by atoms with E-state index in [0.29, 0.717) is 18.4 Å². The van der Waals surface area contributed by atoms with Crippen LogP contribution in [0.5, 0.6) is 0 Å². The van der Waals surface area contributed by atoms with Gasteiger partial charge in [-0.15, -0.1) is 0 Å². The lowest BCUT2D eigenvalue weighted by Gasteiger charge is -2.32. The number of carboxylic acids is 1. The molecule has 2 aromatic rings. The van der Waals surface area contributed by atoms with Crippen molar-refractivity contribution in [2.45, 2.75) is 51.6 Å². The number of fused-ring (bicyclic) bond motifs is 3. The van der Waals surface area contributed by atoms with Crippen LogP contribution in [0.15, 0.2) is 28.7 Å². The molecular formula is C19H21NO4. The lowest BCUT2D eigenvalue weighted by Crippen LogP contribution is -2.44.